The average Bonchev–Trinajstić information content (AvgIpc) is 2.18. The summed E-state index contributed by atoms with van der Waals surface area (Å²) in [5.74, 6) is -1.39. The van der Waals surface area contributed by atoms with Gasteiger partial charge in [0.05, 0.1) is 4.90 Å². The minimum atomic E-state index is -3.62. The van der Waals surface area contributed by atoms with Crippen LogP contribution >= 0.6 is 23.2 Å². The fourth-order valence-corrected chi connectivity index (χ4v) is 2.58. The van der Waals surface area contributed by atoms with Gasteiger partial charge in [0.25, 0.3) is 0 Å². The second-order valence-corrected chi connectivity index (χ2v) is 5.92. The summed E-state index contributed by atoms with van der Waals surface area (Å²) in [5.41, 5.74) is 0. The molecule has 1 aromatic rings. The van der Waals surface area contributed by atoms with Crippen molar-refractivity contribution in [2.45, 2.75) is 9.73 Å². The first kappa shape index (κ1) is 12.5. The van der Waals surface area contributed by atoms with Crippen LogP contribution < -0.4 is 0 Å². The van der Waals surface area contributed by atoms with E-state index in [2.05, 4.69) is 0 Å². The van der Waals surface area contributed by atoms with Gasteiger partial charge in [0.15, 0.2) is 20.5 Å². The van der Waals surface area contributed by atoms with Crippen molar-refractivity contribution in [1.82, 2.24) is 0 Å². The van der Waals surface area contributed by atoms with Crippen LogP contribution in [-0.2, 0) is 14.6 Å². The lowest BCUT2D eigenvalue weighted by Crippen LogP contribution is -2.20. The lowest BCUT2D eigenvalue weighted by Gasteiger charge is -2.03. The zero-order valence-corrected chi connectivity index (χ0v) is 9.89. The van der Waals surface area contributed by atoms with Gasteiger partial charge in [0.2, 0.25) is 0 Å². The minimum absolute atomic E-state index is 0.0901. The molecule has 0 aliphatic carbocycles. The number of halogens is 2. The number of rotatable bonds is 4. The molecule has 0 heterocycles. The largest absolute Gasteiger partial charge is 0.295 e. The highest BCUT2D eigenvalue weighted by molar-refractivity contribution is 7.92. The second-order valence-electron chi connectivity index (χ2n) is 2.84. The number of hydrogen-bond acceptors (Lipinski definition) is 3. The zero-order valence-electron chi connectivity index (χ0n) is 7.56. The van der Waals surface area contributed by atoms with Gasteiger partial charge in [-0.1, -0.05) is 41.4 Å². The Balaban J connectivity index is 2.91. The van der Waals surface area contributed by atoms with E-state index >= 15 is 0 Å². The Kier molecular flexibility index (Phi) is 4.13. The third-order valence-corrected chi connectivity index (χ3v) is 3.82. The van der Waals surface area contributed by atoms with Crippen LogP contribution in [0.2, 0.25) is 0 Å². The molecule has 1 aromatic carbocycles. The fraction of sp³-hybridized carbons (Fsp3) is 0.222. The molecule has 0 atom stereocenters. The minimum Gasteiger partial charge on any atom is -0.295 e. The van der Waals surface area contributed by atoms with Crippen LogP contribution in [-0.4, -0.2) is 24.8 Å². The lowest BCUT2D eigenvalue weighted by molar-refractivity contribution is -0.115. The third kappa shape index (κ3) is 3.48. The van der Waals surface area contributed by atoms with Crippen molar-refractivity contribution < 1.29 is 13.2 Å². The van der Waals surface area contributed by atoms with Crippen molar-refractivity contribution in [2.75, 3.05) is 5.75 Å². The molecule has 0 fully saturated rings. The molecule has 0 amide bonds. The van der Waals surface area contributed by atoms with Gasteiger partial charge in [-0.3, -0.25) is 4.79 Å². The molecule has 0 aliphatic rings. The van der Waals surface area contributed by atoms with Crippen molar-refractivity contribution in [3.8, 4) is 0 Å². The average molecular weight is 267 g/mol. The van der Waals surface area contributed by atoms with Crippen molar-refractivity contribution in [1.29, 1.82) is 0 Å². The molecule has 0 N–H and O–H groups in total. The Bertz CT molecular complexity index is 440. The molecular weight excluding hydrogens is 259 g/mol. The van der Waals surface area contributed by atoms with Crippen LogP contribution in [0.3, 0.4) is 0 Å². The molecule has 1 rings (SSSR count). The maximum atomic E-state index is 11.6. The van der Waals surface area contributed by atoms with E-state index in [1.807, 2.05) is 0 Å². The summed E-state index contributed by atoms with van der Waals surface area (Å²) >= 11 is 10.5. The Labute approximate surface area is 97.9 Å². The van der Waals surface area contributed by atoms with Gasteiger partial charge in [-0.2, -0.15) is 0 Å². The quantitative estimate of drug-likeness (QED) is 0.782. The van der Waals surface area contributed by atoms with Gasteiger partial charge >= 0.3 is 0 Å². The summed E-state index contributed by atoms with van der Waals surface area (Å²) in [4.78, 5) is 9.88. The Morgan fingerprint density at radius 1 is 1.20 bits per heavy atom. The fourth-order valence-electron chi connectivity index (χ4n) is 0.961. The van der Waals surface area contributed by atoms with E-state index in [0.717, 1.165) is 0 Å². The smallest absolute Gasteiger partial charge is 0.185 e. The first-order chi connectivity index (χ1) is 6.93. The standard InChI is InChI=1S/C9H8Cl2O3S/c10-9(11)8(12)6-15(13,14)7-4-2-1-3-5-7/h1-5,9H,6H2. The molecular formula is C9H8Cl2O3S. The molecule has 0 aliphatic heterocycles. The van der Waals surface area contributed by atoms with Crippen molar-refractivity contribution in [2.24, 2.45) is 0 Å². The molecule has 0 bridgehead atoms. The summed E-state index contributed by atoms with van der Waals surface area (Å²) < 4.78 is 23.2. The first-order valence-electron chi connectivity index (χ1n) is 4.02. The van der Waals surface area contributed by atoms with E-state index in [1.165, 1.54) is 12.1 Å². The van der Waals surface area contributed by atoms with E-state index in [-0.39, 0.29) is 4.90 Å². The zero-order chi connectivity index (χ0) is 11.5. The van der Waals surface area contributed by atoms with Gasteiger partial charge in [-0.15, -0.1) is 0 Å². The number of carbonyl (C=O) groups is 1. The number of Topliss-reactive ketones (excluding diaryl/α,β-unsaturated/α-hetero) is 1. The maximum Gasteiger partial charge on any atom is 0.185 e. The van der Waals surface area contributed by atoms with Crippen LogP contribution in [0.25, 0.3) is 0 Å². The van der Waals surface area contributed by atoms with Crippen LogP contribution in [0.4, 0.5) is 0 Å². The van der Waals surface area contributed by atoms with Gasteiger partial charge in [0.1, 0.15) is 5.75 Å². The van der Waals surface area contributed by atoms with Crippen molar-refractivity contribution >= 4 is 38.8 Å². The molecule has 3 nitrogen and oxygen atoms in total. The highest BCUT2D eigenvalue weighted by Crippen LogP contribution is 2.13. The molecule has 0 saturated heterocycles. The van der Waals surface area contributed by atoms with E-state index in [1.54, 1.807) is 18.2 Å². The Hall–Kier alpha value is -0.580. The van der Waals surface area contributed by atoms with Gasteiger partial charge in [0, 0.05) is 0 Å². The molecule has 0 saturated carbocycles. The predicted octanol–water partition coefficient (Wildman–Crippen LogP) is 1.83. The van der Waals surface area contributed by atoms with E-state index < -0.39 is 26.2 Å². The monoisotopic (exact) mass is 266 g/mol. The molecule has 0 unspecified atom stereocenters. The normalized spacial score (nSPS) is 11.7. The molecule has 0 spiro atoms. The highest BCUT2D eigenvalue weighted by atomic mass is 35.5. The summed E-state index contributed by atoms with van der Waals surface area (Å²) in [6.45, 7) is 0. The number of sulfone groups is 1. The topological polar surface area (TPSA) is 51.2 Å². The molecule has 15 heavy (non-hydrogen) atoms. The van der Waals surface area contributed by atoms with Crippen LogP contribution in [0.5, 0.6) is 0 Å². The van der Waals surface area contributed by atoms with Crippen LogP contribution in [0.1, 0.15) is 0 Å². The molecule has 0 aromatic heterocycles. The highest BCUT2D eigenvalue weighted by Gasteiger charge is 2.22. The lowest BCUT2D eigenvalue weighted by atomic mass is 10.4. The van der Waals surface area contributed by atoms with E-state index in [4.69, 9.17) is 23.2 Å². The van der Waals surface area contributed by atoms with Gasteiger partial charge in [-0.25, -0.2) is 8.42 Å². The van der Waals surface area contributed by atoms with Crippen molar-refractivity contribution in [3.63, 3.8) is 0 Å². The van der Waals surface area contributed by atoms with Crippen LogP contribution in [0.15, 0.2) is 35.2 Å². The maximum absolute atomic E-state index is 11.6. The number of ketones is 1. The number of carbonyl (C=O) groups excluding carboxylic acids is 1. The van der Waals surface area contributed by atoms with E-state index in [0.29, 0.717) is 0 Å². The number of benzene rings is 1. The molecule has 6 heteroatoms. The predicted molar refractivity (Wildman–Crippen MR) is 59.0 cm³/mol. The third-order valence-electron chi connectivity index (χ3n) is 1.68. The summed E-state index contributed by atoms with van der Waals surface area (Å²) in [5, 5.41) is 0. The van der Waals surface area contributed by atoms with Crippen molar-refractivity contribution in [3.05, 3.63) is 30.3 Å². The molecule has 0 radical (unpaired) electrons. The van der Waals surface area contributed by atoms with Gasteiger partial charge in [-0.05, 0) is 12.1 Å². The molecule has 82 valence electrons. The number of hydrogen-bond donors (Lipinski definition) is 0. The SMILES string of the molecule is O=C(CS(=O)(=O)c1ccccc1)C(Cl)Cl. The summed E-state index contributed by atoms with van der Waals surface area (Å²) in [7, 11) is -3.62. The second kappa shape index (κ2) is 4.96. The Morgan fingerprint density at radius 3 is 2.20 bits per heavy atom. The summed E-state index contributed by atoms with van der Waals surface area (Å²) in [6, 6.07) is 7.68. The first-order valence-corrected chi connectivity index (χ1v) is 6.54. The number of alkyl halides is 2. The van der Waals surface area contributed by atoms with E-state index in [9.17, 15) is 13.2 Å². The summed E-state index contributed by atoms with van der Waals surface area (Å²) in [6.07, 6.45) is 0. The van der Waals surface area contributed by atoms with Crippen LogP contribution in [0, 0.1) is 0 Å². The van der Waals surface area contributed by atoms with Gasteiger partial charge < -0.3 is 0 Å². The Morgan fingerprint density at radius 2 is 1.73 bits per heavy atom.